The van der Waals surface area contributed by atoms with E-state index in [9.17, 15) is 4.79 Å². The van der Waals surface area contributed by atoms with E-state index in [0.29, 0.717) is 17.9 Å². The van der Waals surface area contributed by atoms with Gasteiger partial charge in [0.25, 0.3) is 5.91 Å². The van der Waals surface area contributed by atoms with Crippen LogP contribution in [0, 0.1) is 0 Å². The van der Waals surface area contributed by atoms with Gasteiger partial charge in [-0.25, -0.2) is 5.43 Å². The third-order valence-corrected chi connectivity index (χ3v) is 4.49. The first kappa shape index (κ1) is 20.5. The molecular formula is C19H20Br2N2O3. The molecule has 0 saturated carbocycles. The van der Waals surface area contributed by atoms with E-state index in [0.717, 1.165) is 33.1 Å². The zero-order valence-corrected chi connectivity index (χ0v) is 17.8. The van der Waals surface area contributed by atoms with Gasteiger partial charge >= 0.3 is 0 Å². The molecule has 2 rings (SSSR count). The Balaban J connectivity index is 2.11. The van der Waals surface area contributed by atoms with Crippen LogP contribution in [0.5, 0.6) is 11.5 Å². The van der Waals surface area contributed by atoms with Crippen molar-refractivity contribution in [1.29, 1.82) is 0 Å². The van der Waals surface area contributed by atoms with Crippen molar-refractivity contribution in [3.63, 3.8) is 0 Å². The third kappa shape index (κ3) is 5.85. The van der Waals surface area contributed by atoms with Gasteiger partial charge in [-0.1, -0.05) is 45.2 Å². The fraction of sp³-hybridized carbons (Fsp3) is 0.263. The number of unbranched alkanes of at least 4 members (excludes halogenated alkanes) is 1. The lowest BCUT2D eigenvalue weighted by molar-refractivity contribution is 0.0952. The molecule has 5 nitrogen and oxygen atoms in total. The lowest BCUT2D eigenvalue weighted by Gasteiger charge is -2.09. The van der Waals surface area contributed by atoms with Gasteiger partial charge in [0.05, 0.1) is 25.5 Å². The molecule has 0 aliphatic carbocycles. The molecule has 138 valence electrons. The largest absolute Gasteiger partial charge is 0.496 e. The second kappa shape index (κ2) is 10.3. The van der Waals surface area contributed by atoms with E-state index in [-0.39, 0.29) is 5.91 Å². The Morgan fingerprint density at radius 3 is 2.54 bits per heavy atom. The molecule has 2 aromatic carbocycles. The number of halogens is 2. The van der Waals surface area contributed by atoms with Gasteiger partial charge in [0.2, 0.25) is 0 Å². The summed E-state index contributed by atoms with van der Waals surface area (Å²) in [6, 6.07) is 10.9. The number of ether oxygens (including phenoxy) is 2. The smallest absolute Gasteiger partial charge is 0.275 e. The highest BCUT2D eigenvalue weighted by Crippen LogP contribution is 2.23. The molecule has 0 spiro atoms. The number of hydrogen-bond donors (Lipinski definition) is 1. The van der Waals surface area contributed by atoms with Crippen molar-refractivity contribution >= 4 is 44.0 Å². The van der Waals surface area contributed by atoms with Crippen molar-refractivity contribution in [3.8, 4) is 11.5 Å². The SMILES string of the molecule is CCCCOc1ccc(Br)cc1/C=N\NC(=O)c1cc(Br)ccc1OC. The predicted octanol–water partition coefficient (Wildman–Crippen LogP) is 5.16. The lowest BCUT2D eigenvalue weighted by atomic mass is 10.2. The van der Waals surface area contributed by atoms with E-state index in [1.165, 1.54) is 7.11 Å². The molecule has 2 aromatic rings. The van der Waals surface area contributed by atoms with Crippen LogP contribution in [0.3, 0.4) is 0 Å². The van der Waals surface area contributed by atoms with Crippen LogP contribution < -0.4 is 14.9 Å². The Labute approximate surface area is 170 Å². The molecule has 0 unspecified atom stereocenters. The highest BCUT2D eigenvalue weighted by molar-refractivity contribution is 9.10. The Hall–Kier alpha value is -1.86. The second-order valence-electron chi connectivity index (χ2n) is 5.43. The first-order valence-corrected chi connectivity index (χ1v) is 9.73. The molecule has 0 aliphatic heterocycles. The Morgan fingerprint density at radius 2 is 1.85 bits per heavy atom. The number of carbonyl (C=O) groups excluding carboxylic acids is 1. The average molecular weight is 484 g/mol. The van der Waals surface area contributed by atoms with Crippen molar-refractivity contribution in [3.05, 3.63) is 56.5 Å². The summed E-state index contributed by atoms with van der Waals surface area (Å²) >= 11 is 6.79. The Kier molecular flexibility index (Phi) is 8.12. The number of amides is 1. The van der Waals surface area contributed by atoms with Gasteiger partial charge in [-0.2, -0.15) is 5.10 Å². The van der Waals surface area contributed by atoms with Crippen LogP contribution in [0.2, 0.25) is 0 Å². The molecule has 0 saturated heterocycles. The maximum atomic E-state index is 12.4. The molecule has 0 bridgehead atoms. The highest BCUT2D eigenvalue weighted by Gasteiger charge is 2.12. The summed E-state index contributed by atoms with van der Waals surface area (Å²) in [6.07, 6.45) is 3.60. The van der Waals surface area contributed by atoms with Gasteiger partial charge in [-0.3, -0.25) is 4.79 Å². The molecule has 1 N–H and O–H groups in total. The summed E-state index contributed by atoms with van der Waals surface area (Å²) in [6.45, 7) is 2.75. The van der Waals surface area contributed by atoms with E-state index >= 15 is 0 Å². The first-order chi connectivity index (χ1) is 12.5. The number of carbonyl (C=O) groups is 1. The topological polar surface area (TPSA) is 59.9 Å². The van der Waals surface area contributed by atoms with Crippen molar-refractivity contribution in [2.75, 3.05) is 13.7 Å². The quantitative estimate of drug-likeness (QED) is 0.320. The van der Waals surface area contributed by atoms with E-state index in [1.807, 2.05) is 18.2 Å². The zero-order chi connectivity index (χ0) is 18.9. The van der Waals surface area contributed by atoms with Crippen LogP contribution >= 0.6 is 31.9 Å². The van der Waals surface area contributed by atoms with Gasteiger partial charge in [0.15, 0.2) is 0 Å². The number of nitrogens with zero attached hydrogens (tertiary/aromatic N) is 1. The Bertz CT molecular complexity index is 794. The second-order valence-corrected chi connectivity index (χ2v) is 7.26. The van der Waals surface area contributed by atoms with Crippen LogP contribution in [0.15, 0.2) is 50.4 Å². The summed E-state index contributed by atoms with van der Waals surface area (Å²) in [4.78, 5) is 12.4. The molecule has 26 heavy (non-hydrogen) atoms. The molecule has 0 aromatic heterocycles. The standard InChI is InChI=1S/C19H20Br2N2O3/c1-3-4-9-26-17-7-5-14(20)10-13(17)12-22-23-19(24)16-11-15(21)6-8-18(16)25-2/h5-8,10-12H,3-4,9H2,1-2H3,(H,23,24)/b22-12-. The van der Waals surface area contributed by atoms with Crippen molar-refractivity contribution in [1.82, 2.24) is 5.43 Å². The number of methoxy groups -OCH3 is 1. The molecule has 0 atom stereocenters. The molecule has 1 amide bonds. The minimum Gasteiger partial charge on any atom is -0.496 e. The average Bonchev–Trinajstić information content (AvgIpc) is 2.63. The third-order valence-electron chi connectivity index (χ3n) is 3.50. The maximum absolute atomic E-state index is 12.4. The Morgan fingerprint density at radius 1 is 1.15 bits per heavy atom. The van der Waals surface area contributed by atoms with Gasteiger partial charge in [-0.15, -0.1) is 0 Å². The van der Waals surface area contributed by atoms with E-state index in [4.69, 9.17) is 9.47 Å². The molecular weight excluding hydrogens is 464 g/mol. The summed E-state index contributed by atoms with van der Waals surface area (Å²) in [5, 5.41) is 4.06. The van der Waals surface area contributed by atoms with Crippen molar-refractivity contribution in [2.24, 2.45) is 5.10 Å². The summed E-state index contributed by atoms with van der Waals surface area (Å²) in [5.74, 6) is 0.842. The number of hydrogen-bond acceptors (Lipinski definition) is 4. The monoisotopic (exact) mass is 482 g/mol. The summed E-state index contributed by atoms with van der Waals surface area (Å²) in [7, 11) is 1.52. The maximum Gasteiger partial charge on any atom is 0.275 e. The lowest BCUT2D eigenvalue weighted by Crippen LogP contribution is -2.18. The number of nitrogens with one attached hydrogen (secondary N) is 1. The van der Waals surface area contributed by atoms with Crippen molar-refractivity contribution in [2.45, 2.75) is 19.8 Å². The van der Waals surface area contributed by atoms with Crippen LogP contribution in [0.25, 0.3) is 0 Å². The molecule has 0 fully saturated rings. The fourth-order valence-electron chi connectivity index (χ4n) is 2.16. The van der Waals surface area contributed by atoms with Gasteiger partial charge < -0.3 is 9.47 Å². The zero-order valence-electron chi connectivity index (χ0n) is 14.6. The van der Waals surface area contributed by atoms with E-state index in [1.54, 1.807) is 24.4 Å². The molecule has 7 heteroatoms. The molecule has 0 radical (unpaired) electrons. The van der Waals surface area contributed by atoms with E-state index < -0.39 is 0 Å². The first-order valence-electron chi connectivity index (χ1n) is 8.14. The van der Waals surface area contributed by atoms with Crippen molar-refractivity contribution < 1.29 is 14.3 Å². The fourth-order valence-corrected chi connectivity index (χ4v) is 2.90. The molecule has 0 aliphatic rings. The summed E-state index contributed by atoms with van der Waals surface area (Å²) < 4.78 is 12.7. The van der Waals surface area contributed by atoms with Gasteiger partial charge in [-0.05, 0) is 42.8 Å². The van der Waals surface area contributed by atoms with Gasteiger partial charge in [0.1, 0.15) is 11.5 Å². The van der Waals surface area contributed by atoms with Crippen LogP contribution in [-0.2, 0) is 0 Å². The summed E-state index contributed by atoms with van der Waals surface area (Å²) in [5.41, 5.74) is 3.69. The van der Waals surface area contributed by atoms with Crippen LogP contribution in [-0.4, -0.2) is 25.8 Å². The molecule has 0 heterocycles. The number of benzene rings is 2. The van der Waals surface area contributed by atoms with Crippen LogP contribution in [0.4, 0.5) is 0 Å². The minimum absolute atomic E-state index is 0.358. The van der Waals surface area contributed by atoms with Crippen LogP contribution in [0.1, 0.15) is 35.7 Å². The highest BCUT2D eigenvalue weighted by atomic mass is 79.9. The normalized spacial score (nSPS) is 10.8. The van der Waals surface area contributed by atoms with Gasteiger partial charge in [0, 0.05) is 14.5 Å². The van der Waals surface area contributed by atoms with E-state index in [2.05, 4.69) is 49.3 Å². The minimum atomic E-state index is -0.358. The predicted molar refractivity (Wildman–Crippen MR) is 110 cm³/mol. The number of hydrazone groups is 1. The number of rotatable bonds is 8.